The molecule has 5 rings (SSSR count). The van der Waals surface area contributed by atoms with Gasteiger partial charge in [-0.25, -0.2) is 14.2 Å². The van der Waals surface area contributed by atoms with Crippen molar-refractivity contribution in [3.8, 4) is 27.7 Å². The molecule has 1 aromatic heterocycles. The molecule has 1 atom stereocenters. The molecule has 3 heterocycles. The Balaban J connectivity index is 1.40. The van der Waals surface area contributed by atoms with E-state index in [9.17, 15) is 19.1 Å². The summed E-state index contributed by atoms with van der Waals surface area (Å²) in [5.41, 5.74) is 2.38. The maximum atomic E-state index is 14.8. The molecule has 0 saturated carbocycles. The molecule has 2 aliphatic heterocycles. The molecule has 1 amide bonds. The molecule has 11 heteroatoms. The van der Waals surface area contributed by atoms with Gasteiger partial charge in [0.25, 0.3) is 0 Å². The second-order valence-electron chi connectivity index (χ2n) is 8.22. The van der Waals surface area contributed by atoms with Gasteiger partial charge in [0, 0.05) is 35.5 Å². The van der Waals surface area contributed by atoms with Crippen LogP contribution in [-0.2, 0) is 9.53 Å². The van der Waals surface area contributed by atoms with Gasteiger partial charge >= 0.3 is 12.1 Å². The summed E-state index contributed by atoms with van der Waals surface area (Å²) in [5.74, 6) is -1.42. The Kier molecular flexibility index (Phi) is 6.35. The van der Waals surface area contributed by atoms with E-state index in [4.69, 9.17) is 9.47 Å². The van der Waals surface area contributed by atoms with Crippen molar-refractivity contribution in [2.45, 2.75) is 26.0 Å². The summed E-state index contributed by atoms with van der Waals surface area (Å²) < 4.78 is 29.1. The van der Waals surface area contributed by atoms with Crippen LogP contribution in [-0.4, -0.2) is 57.7 Å². The molecule has 1 saturated heterocycles. The number of anilines is 1. The van der Waals surface area contributed by atoms with Gasteiger partial charge in [-0.15, -0.1) is 0 Å². The number of nitrogens with zero attached hydrogens (tertiary/aromatic N) is 4. The first kappa shape index (κ1) is 23.2. The van der Waals surface area contributed by atoms with E-state index in [1.165, 1.54) is 25.0 Å². The number of rotatable bonds is 6. The molecule has 1 fully saturated rings. The first-order valence-corrected chi connectivity index (χ1v) is 12.1. The van der Waals surface area contributed by atoms with Gasteiger partial charge < -0.3 is 19.5 Å². The van der Waals surface area contributed by atoms with E-state index in [1.807, 2.05) is 24.3 Å². The highest BCUT2D eigenvalue weighted by Crippen LogP contribution is 2.39. The third-order valence-corrected chi connectivity index (χ3v) is 6.71. The number of hydrogen-bond donors (Lipinski definition) is 1. The van der Waals surface area contributed by atoms with Crippen molar-refractivity contribution in [3.05, 3.63) is 47.8 Å². The Labute approximate surface area is 204 Å². The van der Waals surface area contributed by atoms with Crippen LogP contribution in [0.3, 0.4) is 0 Å². The second-order valence-corrected chi connectivity index (χ2v) is 8.97. The Hall–Kier alpha value is -3.57. The predicted octanol–water partition coefficient (Wildman–Crippen LogP) is 3.98. The molecule has 1 unspecified atom stereocenters. The number of amides is 1. The molecule has 1 N–H and O–H groups in total. The molecule has 0 radical (unpaired) electrons. The summed E-state index contributed by atoms with van der Waals surface area (Å²) >= 11 is 1.09. The van der Waals surface area contributed by atoms with Crippen molar-refractivity contribution >= 4 is 29.3 Å². The lowest BCUT2D eigenvalue weighted by atomic mass is 10.1. The first-order valence-electron chi connectivity index (χ1n) is 11.3. The van der Waals surface area contributed by atoms with Gasteiger partial charge in [-0.1, -0.05) is 0 Å². The molecular formula is C24H23FN4O5S. The molecule has 35 heavy (non-hydrogen) atoms. The van der Waals surface area contributed by atoms with Crippen LogP contribution in [0.5, 0.6) is 5.75 Å². The number of fused-ring (bicyclic) bond motifs is 1. The van der Waals surface area contributed by atoms with Gasteiger partial charge in [0.1, 0.15) is 11.6 Å². The zero-order valence-electron chi connectivity index (χ0n) is 18.9. The van der Waals surface area contributed by atoms with E-state index in [2.05, 4.69) is 14.3 Å². The minimum absolute atomic E-state index is 0.00983. The summed E-state index contributed by atoms with van der Waals surface area (Å²) in [7, 11) is 0. The Morgan fingerprint density at radius 3 is 2.69 bits per heavy atom. The van der Waals surface area contributed by atoms with Gasteiger partial charge in [-0.05, 0) is 67.7 Å². The quantitative estimate of drug-likeness (QED) is 0.509. The minimum atomic E-state index is -1.59. The zero-order valence-corrected chi connectivity index (χ0v) is 19.8. The fourth-order valence-electron chi connectivity index (χ4n) is 4.20. The van der Waals surface area contributed by atoms with E-state index in [0.29, 0.717) is 16.4 Å². The monoisotopic (exact) mass is 498 g/mol. The van der Waals surface area contributed by atoms with Crippen LogP contribution in [0.1, 0.15) is 31.6 Å². The van der Waals surface area contributed by atoms with Crippen LogP contribution >= 0.6 is 11.5 Å². The SMILES string of the molecule is CCOC(=O)CN1C(=O)Oc2c(F)cc(-c3nc(-c4ccc(N5CCCC5)cc4)ns3)cc2C1O. The standard InChI is InChI=1S/C24H23FN4O5S/c1-2-33-19(30)13-29-23(31)17-11-15(12-18(25)20(17)34-24(29)32)22-26-21(27-35-22)14-5-7-16(8-6-14)28-9-3-4-10-28/h5-8,11-12,23,31H,2-4,9-10,13H2,1H3. The van der Waals surface area contributed by atoms with Crippen molar-refractivity contribution in [1.29, 1.82) is 0 Å². The van der Waals surface area contributed by atoms with Crippen LogP contribution in [0.2, 0.25) is 0 Å². The number of aliphatic hydroxyl groups is 1. The van der Waals surface area contributed by atoms with E-state index >= 15 is 0 Å². The number of aromatic nitrogens is 2. The lowest BCUT2D eigenvalue weighted by Crippen LogP contribution is -2.44. The van der Waals surface area contributed by atoms with Gasteiger partial charge in [-0.2, -0.15) is 4.37 Å². The van der Waals surface area contributed by atoms with Gasteiger partial charge in [0.2, 0.25) is 0 Å². The molecule has 182 valence electrons. The molecule has 2 aromatic carbocycles. The van der Waals surface area contributed by atoms with Crippen LogP contribution in [0.4, 0.5) is 14.9 Å². The van der Waals surface area contributed by atoms with Crippen molar-refractivity contribution in [1.82, 2.24) is 14.3 Å². The number of benzene rings is 2. The Morgan fingerprint density at radius 2 is 1.97 bits per heavy atom. The van der Waals surface area contributed by atoms with E-state index < -0.39 is 30.7 Å². The van der Waals surface area contributed by atoms with Crippen molar-refractivity contribution in [2.75, 3.05) is 31.1 Å². The average Bonchev–Trinajstić information content (AvgIpc) is 3.55. The number of carbonyl (C=O) groups is 2. The maximum absolute atomic E-state index is 14.8. The van der Waals surface area contributed by atoms with Gasteiger partial charge in [0.15, 0.2) is 23.6 Å². The molecule has 3 aromatic rings. The largest absolute Gasteiger partial charge is 0.465 e. The normalized spacial score (nSPS) is 17.3. The Morgan fingerprint density at radius 1 is 1.23 bits per heavy atom. The third kappa shape index (κ3) is 4.56. The maximum Gasteiger partial charge on any atom is 0.418 e. The Bertz CT molecular complexity index is 1260. The molecule has 9 nitrogen and oxygen atoms in total. The topological polar surface area (TPSA) is 105 Å². The van der Waals surface area contributed by atoms with Crippen LogP contribution < -0.4 is 9.64 Å². The van der Waals surface area contributed by atoms with E-state index in [0.717, 1.165) is 40.8 Å². The zero-order chi connectivity index (χ0) is 24.5. The summed E-state index contributed by atoms with van der Waals surface area (Å²) in [4.78, 5) is 31.7. The highest BCUT2D eigenvalue weighted by molar-refractivity contribution is 7.09. The lowest BCUT2D eigenvalue weighted by molar-refractivity contribution is -0.146. The first-order chi connectivity index (χ1) is 16.9. The average molecular weight is 499 g/mol. The molecule has 2 aliphatic rings. The molecule has 0 bridgehead atoms. The highest BCUT2D eigenvalue weighted by atomic mass is 32.1. The lowest BCUT2D eigenvalue weighted by Gasteiger charge is -2.32. The number of ether oxygens (including phenoxy) is 2. The fourth-order valence-corrected chi connectivity index (χ4v) is 4.87. The summed E-state index contributed by atoms with van der Waals surface area (Å²) in [6.45, 7) is 3.32. The number of carbonyl (C=O) groups excluding carboxylic acids is 2. The number of halogens is 1. The summed E-state index contributed by atoms with van der Waals surface area (Å²) in [6, 6.07) is 10.7. The molecule has 0 spiro atoms. The van der Waals surface area contributed by atoms with Crippen LogP contribution in [0.15, 0.2) is 36.4 Å². The number of aliphatic hydroxyl groups excluding tert-OH is 1. The van der Waals surface area contributed by atoms with Gasteiger partial charge in [-0.3, -0.25) is 9.69 Å². The van der Waals surface area contributed by atoms with E-state index in [-0.39, 0.29) is 17.9 Å². The second kappa shape index (κ2) is 9.59. The summed E-state index contributed by atoms with van der Waals surface area (Å²) in [5, 5.41) is 11.2. The van der Waals surface area contributed by atoms with Crippen molar-refractivity contribution in [2.24, 2.45) is 0 Å². The van der Waals surface area contributed by atoms with E-state index in [1.54, 1.807) is 6.92 Å². The number of esters is 1. The van der Waals surface area contributed by atoms with Crippen LogP contribution in [0.25, 0.3) is 22.0 Å². The molecule has 0 aliphatic carbocycles. The smallest absolute Gasteiger partial charge is 0.418 e. The minimum Gasteiger partial charge on any atom is -0.465 e. The highest BCUT2D eigenvalue weighted by Gasteiger charge is 2.37. The van der Waals surface area contributed by atoms with Crippen molar-refractivity contribution < 1.29 is 28.6 Å². The van der Waals surface area contributed by atoms with Gasteiger partial charge in [0.05, 0.1) is 6.61 Å². The van der Waals surface area contributed by atoms with Crippen LogP contribution in [0, 0.1) is 5.82 Å². The fraction of sp³-hybridized carbons (Fsp3) is 0.333. The predicted molar refractivity (Wildman–Crippen MR) is 127 cm³/mol. The third-order valence-electron chi connectivity index (χ3n) is 5.94. The number of hydrogen-bond acceptors (Lipinski definition) is 9. The van der Waals surface area contributed by atoms with Crippen molar-refractivity contribution in [3.63, 3.8) is 0 Å². The summed E-state index contributed by atoms with van der Waals surface area (Å²) in [6.07, 6.45) is -0.231. The molecular weight excluding hydrogens is 475 g/mol.